The molecular formula is C16H17F2N. The lowest BCUT2D eigenvalue weighted by atomic mass is 9.96. The third kappa shape index (κ3) is 2.99. The van der Waals surface area contributed by atoms with E-state index in [1.54, 1.807) is 0 Å². The molecule has 0 aromatic heterocycles. The molecule has 0 aliphatic heterocycles. The molecule has 0 fully saturated rings. The van der Waals surface area contributed by atoms with Gasteiger partial charge in [-0.05, 0) is 31.2 Å². The molecule has 1 unspecified atom stereocenters. The average Bonchev–Trinajstić information content (AvgIpc) is 2.37. The van der Waals surface area contributed by atoms with Gasteiger partial charge in [-0.1, -0.05) is 42.8 Å². The molecule has 1 atom stereocenters. The van der Waals surface area contributed by atoms with E-state index >= 15 is 0 Å². The van der Waals surface area contributed by atoms with E-state index in [9.17, 15) is 8.78 Å². The summed E-state index contributed by atoms with van der Waals surface area (Å²) in [6.45, 7) is 4.51. The maximum Gasteiger partial charge on any atom is 0.131 e. The highest BCUT2D eigenvalue weighted by Gasteiger charge is 2.20. The second kappa shape index (κ2) is 5.93. The van der Waals surface area contributed by atoms with Gasteiger partial charge in [-0.2, -0.15) is 0 Å². The Labute approximate surface area is 112 Å². The maximum atomic E-state index is 13.9. The van der Waals surface area contributed by atoms with Gasteiger partial charge >= 0.3 is 0 Å². The van der Waals surface area contributed by atoms with Gasteiger partial charge in [0.25, 0.3) is 0 Å². The van der Waals surface area contributed by atoms with Gasteiger partial charge in [0.1, 0.15) is 11.6 Å². The number of nitrogens with one attached hydrogen (secondary N) is 1. The molecule has 0 aliphatic rings. The molecule has 2 aromatic carbocycles. The Balaban J connectivity index is 2.51. The van der Waals surface area contributed by atoms with E-state index in [-0.39, 0.29) is 5.56 Å². The number of rotatable bonds is 4. The summed E-state index contributed by atoms with van der Waals surface area (Å²) in [6, 6.07) is 11.2. The molecule has 0 heterocycles. The number of aryl methyl sites for hydroxylation is 1. The lowest BCUT2D eigenvalue weighted by Crippen LogP contribution is -2.24. The van der Waals surface area contributed by atoms with Crippen molar-refractivity contribution in [1.29, 1.82) is 0 Å². The predicted octanol–water partition coefficient (Wildman–Crippen LogP) is 3.97. The zero-order chi connectivity index (χ0) is 13.8. The van der Waals surface area contributed by atoms with Gasteiger partial charge < -0.3 is 5.32 Å². The molecule has 19 heavy (non-hydrogen) atoms. The zero-order valence-electron chi connectivity index (χ0n) is 11.1. The van der Waals surface area contributed by atoms with Crippen LogP contribution in [0.5, 0.6) is 0 Å². The van der Waals surface area contributed by atoms with E-state index < -0.39 is 17.7 Å². The highest BCUT2D eigenvalue weighted by atomic mass is 19.1. The van der Waals surface area contributed by atoms with Crippen LogP contribution >= 0.6 is 0 Å². The molecule has 3 heteroatoms. The molecule has 0 aliphatic carbocycles. The summed E-state index contributed by atoms with van der Waals surface area (Å²) in [4.78, 5) is 0. The SMILES string of the molecule is CCNC(c1cccc(C)c1)c1c(F)cccc1F. The molecule has 0 amide bonds. The van der Waals surface area contributed by atoms with Gasteiger partial charge in [0, 0.05) is 5.56 Å². The molecule has 100 valence electrons. The molecule has 0 bridgehead atoms. The third-order valence-corrected chi connectivity index (χ3v) is 3.07. The first-order valence-electron chi connectivity index (χ1n) is 6.37. The van der Waals surface area contributed by atoms with Gasteiger partial charge in [-0.15, -0.1) is 0 Å². The van der Waals surface area contributed by atoms with Gasteiger partial charge in [-0.3, -0.25) is 0 Å². The monoisotopic (exact) mass is 261 g/mol. The number of hydrogen-bond acceptors (Lipinski definition) is 1. The Bertz CT molecular complexity index is 546. The molecule has 2 rings (SSSR count). The predicted molar refractivity (Wildman–Crippen MR) is 73.1 cm³/mol. The number of benzene rings is 2. The molecular weight excluding hydrogens is 244 g/mol. The van der Waals surface area contributed by atoms with Crippen LogP contribution < -0.4 is 5.32 Å². The van der Waals surface area contributed by atoms with Gasteiger partial charge in [0.2, 0.25) is 0 Å². The molecule has 1 nitrogen and oxygen atoms in total. The van der Waals surface area contributed by atoms with Crippen LogP contribution in [0.25, 0.3) is 0 Å². The Hall–Kier alpha value is -1.74. The van der Waals surface area contributed by atoms with Crippen LogP contribution in [0.4, 0.5) is 8.78 Å². The minimum atomic E-state index is -0.521. The summed E-state index contributed by atoms with van der Waals surface area (Å²) in [6.07, 6.45) is 0. The Morgan fingerprint density at radius 2 is 1.68 bits per heavy atom. The van der Waals surface area contributed by atoms with E-state index in [2.05, 4.69) is 5.32 Å². The number of halogens is 2. The van der Waals surface area contributed by atoms with E-state index in [1.807, 2.05) is 38.1 Å². The van der Waals surface area contributed by atoms with Crippen molar-refractivity contribution in [2.45, 2.75) is 19.9 Å². The van der Waals surface area contributed by atoms with Crippen molar-refractivity contribution in [3.05, 3.63) is 70.8 Å². The second-order valence-electron chi connectivity index (χ2n) is 4.54. The first-order valence-corrected chi connectivity index (χ1v) is 6.37. The van der Waals surface area contributed by atoms with Crippen LogP contribution in [0.2, 0.25) is 0 Å². The molecule has 0 radical (unpaired) electrons. The number of hydrogen-bond donors (Lipinski definition) is 1. The topological polar surface area (TPSA) is 12.0 Å². The summed E-state index contributed by atoms with van der Waals surface area (Å²) >= 11 is 0. The van der Waals surface area contributed by atoms with Crippen LogP contribution in [0.15, 0.2) is 42.5 Å². The standard InChI is InChI=1S/C16H17F2N/c1-3-19-16(12-7-4-6-11(2)10-12)15-13(17)8-5-9-14(15)18/h4-10,16,19H,3H2,1-2H3. The lowest BCUT2D eigenvalue weighted by molar-refractivity contribution is 0.510. The molecule has 0 saturated heterocycles. The average molecular weight is 261 g/mol. The Kier molecular flexibility index (Phi) is 4.27. The molecule has 2 aromatic rings. The van der Waals surface area contributed by atoms with Crippen LogP contribution in [0, 0.1) is 18.6 Å². The van der Waals surface area contributed by atoms with Gasteiger partial charge in [0.05, 0.1) is 6.04 Å². The van der Waals surface area contributed by atoms with Crippen LogP contribution in [-0.4, -0.2) is 6.54 Å². The minimum Gasteiger partial charge on any atom is -0.306 e. The van der Waals surface area contributed by atoms with Crippen molar-refractivity contribution < 1.29 is 8.78 Å². The van der Waals surface area contributed by atoms with Crippen molar-refractivity contribution >= 4 is 0 Å². The lowest BCUT2D eigenvalue weighted by Gasteiger charge is -2.20. The second-order valence-corrected chi connectivity index (χ2v) is 4.54. The van der Waals surface area contributed by atoms with E-state index in [4.69, 9.17) is 0 Å². The molecule has 1 N–H and O–H groups in total. The van der Waals surface area contributed by atoms with Crippen molar-refractivity contribution in [2.75, 3.05) is 6.54 Å². The van der Waals surface area contributed by atoms with Crippen molar-refractivity contribution in [3.63, 3.8) is 0 Å². The fourth-order valence-corrected chi connectivity index (χ4v) is 2.23. The van der Waals surface area contributed by atoms with Crippen molar-refractivity contribution in [2.24, 2.45) is 0 Å². The summed E-state index contributed by atoms with van der Waals surface area (Å²) in [5.74, 6) is -1.04. The van der Waals surface area contributed by atoms with E-state index in [1.165, 1.54) is 18.2 Å². The molecule has 0 spiro atoms. The first kappa shape index (κ1) is 13.7. The zero-order valence-corrected chi connectivity index (χ0v) is 11.1. The fraction of sp³-hybridized carbons (Fsp3) is 0.250. The van der Waals surface area contributed by atoms with Crippen LogP contribution in [0.3, 0.4) is 0 Å². The maximum absolute atomic E-state index is 13.9. The minimum absolute atomic E-state index is 0.0787. The van der Waals surface area contributed by atoms with Crippen LogP contribution in [0.1, 0.15) is 29.7 Å². The highest BCUT2D eigenvalue weighted by molar-refractivity contribution is 5.35. The fourth-order valence-electron chi connectivity index (χ4n) is 2.23. The highest BCUT2D eigenvalue weighted by Crippen LogP contribution is 2.27. The quantitative estimate of drug-likeness (QED) is 0.878. The van der Waals surface area contributed by atoms with E-state index in [0.29, 0.717) is 6.54 Å². The first-order chi connectivity index (χ1) is 9.13. The van der Waals surface area contributed by atoms with Gasteiger partial charge in [-0.25, -0.2) is 8.78 Å². The normalized spacial score (nSPS) is 12.4. The van der Waals surface area contributed by atoms with Gasteiger partial charge in [0.15, 0.2) is 0 Å². The van der Waals surface area contributed by atoms with Crippen LogP contribution in [-0.2, 0) is 0 Å². The smallest absolute Gasteiger partial charge is 0.131 e. The van der Waals surface area contributed by atoms with Crippen molar-refractivity contribution in [3.8, 4) is 0 Å². The Morgan fingerprint density at radius 1 is 1.05 bits per heavy atom. The summed E-state index contributed by atoms with van der Waals surface area (Å²) in [5, 5.41) is 3.14. The summed E-state index contributed by atoms with van der Waals surface area (Å²) < 4.78 is 27.9. The van der Waals surface area contributed by atoms with Crippen molar-refractivity contribution in [1.82, 2.24) is 5.32 Å². The third-order valence-electron chi connectivity index (χ3n) is 3.07. The summed E-state index contributed by atoms with van der Waals surface area (Å²) in [7, 11) is 0. The largest absolute Gasteiger partial charge is 0.306 e. The Morgan fingerprint density at radius 3 is 2.26 bits per heavy atom. The molecule has 0 saturated carbocycles. The van der Waals surface area contributed by atoms with E-state index in [0.717, 1.165) is 11.1 Å². The summed E-state index contributed by atoms with van der Waals surface area (Å²) in [5.41, 5.74) is 2.01.